The number of nitrogens with zero attached hydrogens (tertiary/aromatic N) is 1. The van der Waals surface area contributed by atoms with Crippen molar-refractivity contribution in [3.8, 4) is 0 Å². The van der Waals surface area contributed by atoms with Gasteiger partial charge in [-0.25, -0.2) is 4.79 Å². The molecular formula is C10H20N4O2. The smallest absolute Gasteiger partial charge is 0.315 e. The van der Waals surface area contributed by atoms with Crippen molar-refractivity contribution in [2.24, 2.45) is 0 Å². The summed E-state index contributed by atoms with van der Waals surface area (Å²) >= 11 is 0. The monoisotopic (exact) mass is 228 g/mol. The molecule has 0 saturated carbocycles. The Balaban J connectivity index is 2.59. The number of piperazine rings is 1. The van der Waals surface area contributed by atoms with Gasteiger partial charge >= 0.3 is 6.03 Å². The SMILES string of the molecule is CNC(=O)NC(C)(C)C(=O)N1CCNCC1. The van der Waals surface area contributed by atoms with E-state index in [-0.39, 0.29) is 11.9 Å². The standard InChI is InChI=1S/C10H20N4O2/c1-10(2,13-9(16)11-3)8(15)14-6-4-12-5-7-14/h12H,4-7H2,1-3H3,(H2,11,13,16). The Labute approximate surface area is 95.8 Å². The highest BCUT2D eigenvalue weighted by molar-refractivity contribution is 5.90. The Morgan fingerprint density at radius 3 is 2.31 bits per heavy atom. The van der Waals surface area contributed by atoms with Crippen molar-refractivity contribution in [1.29, 1.82) is 0 Å². The van der Waals surface area contributed by atoms with Crippen LogP contribution in [0.25, 0.3) is 0 Å². The Kier molecular flexibility index (Phi) is 4.12. The first-order valence-electron chi connectivity index (χ1n) is 5.47. The van der Waals surface area contributed by atoms with E-state index in [4.69, 9.17) is 0 Å². The molecule has 1 heterocycles. The summed E-state index contributed by atoms with van der Waals surface area (Å²) in [6.07, 6.45) is 0. The Morgan fingerprint density at radius 1 is 1.25 bits per heavy atom. The maximum atomic E-state index is 12.1. The van der Waals surface area contributed by atoms with Gasteiger partial charge in [-0.1, -0.05) is 0 Å². The van der Waals surface area contributed by atoms with Crippen LogP contribution >= 0.6 is 0 Å². The van der Waals surface area contributed by atoms with Crippen LogP contribution in [0.4, 0.5) is 4.79 Å². The Morgan fingerprint density at radius 2 is 1.81 bits per heavy atom. The average molecular weight is 228 g/mol. The molecule has 0 bridgehead atoms. The molecule has 92 valence electrons. The number of amides is 3. The summed E-state index contributed by atoms with van der Waals surface area (Å²) in [5.41, 5.74) is -0.864. The Bertz CT molecular complexity index is 272. The van der Waals surface area contributed by atoms with Crippen LogP contribution in [-0.4, -0.2) is 55.6 Å². The van der Waals surface area contributed by atoms with E-state index in [1.807, 2.05) is 0 Å². The third kappa shape index (κ3) is 3.10. The topological polar surface area (TPSA) is 73.5 Å². The molecule has 0 spiro atoms. The highest BCUT2D eigenvalue weighted by atomic mass is 16.2. The van der Waals surface area contributed by atoms with Crippen LogP contribution in [0.5, 0.6) is 0 Å². The number of rotatable bonds is 2. The highest BCUT2D eigenvalue weighted by Crippen LogP contribution is 2.08. The van der Waals surface area contributed by atoms with Gasteiger partial charge in [0.1, 0.15) is 5.54 Å². The second kappa shape index (κ2) is 5.16. The van der Waals surface area contributed by atoms with Gasteiger partial charge in [-0.15, -0.1) is 0 Å². The van der Waals surface area contributed by atoms with Gasteiger partial charge in [0.25, 0.3) is 0 Å². The first kappa shape index (κ1) is 12.8. The molecule has 16 heavy (non-hydrogen) atoms. The van der Waals surface area contributed by atoms with Crippen molar-refractivity contribution in [2.75, 3.05) is 33.2 Å². The molecule has 0 aromatic heterocycles. The van der Waals surface area contributed by atoms with Gasteiger partial charge in [0.15, 0.2) is 0 Å². The minimum Gasteiger partial charge on any atom is -0.341 e. The zero-order chi connectivity index (χ0) is 12.2. The van der Waals surface area contributed by atoms with E-state index in [0.29, 0.717) is 13.1 Å². The number of carbonyl (C=O) groups excluding carboxylic acids is 2. The van der Waals surface area contributed by atoms with Gasteiger partial charge in [-0.05, 0) is 13.8 Å². The normalized spacial score (nSPS) is 16.8. The zero-order valence-electron chi connectivity index (χ0n) is 10.1. The number of urea groups is 1. The lowest BCUT2D eigenvalue weighted by atomic mass is 10.0. The fourth-order valence-corrected chi connectivity index (χ4v) is 1.66. The largest absolute Gasteiger partial charge is 0.341 e. The van der Waals surface area contributed by atoms with Crippen LogP contribution in [0.15, 0.2) is 0 Å². The molecule has 1 aliphatic rings. The fourth-order valence-electron chi connectivity index (χ4n) is 1.66. The predicted molar refractivity (Wildman–Crippen MR) is 61.1 cm³/mol. The molecule has 0 aromatic carbocycles. The first-order chi connectivity index (χ1) is 7.47. The summed E-state index contributed by atoms with van der Waals surface area (Å²) in [6.45, 7) is 6.43. The maximum Gasteiger partial charge on any atom is 0.315 e. The van der Waals surface area contributed by atoms with E-state index in [1.165, 1.54) is 7.05 Å². The van der Waals surface area contributed by atoms with Crippen LogP contribution in [0.3, 0.4) is 0 Å². The van der Waals surface area contributed by atoms with Crippen LogP contribution < -0.4 is 16.0 Å². The number of hydrogen-bond donors (Lipinski definition) is 3. The lowest BCUT2D eigenvalue weighted by Gasteiger charge is -2.34. The molecule has 1 rings (SSSR count). The van der Waals surface area contributed by atoms with E-state index >= 15 is 0 Å². The summed E-state index contributed by atoms with van der Waals surface area (Å²) in [7, 11) is 1.53. The van der Waals surface area contributed by atoms with E-state index in [1.54, 1.807) is 18.7 Å². The molecule has 1 saturated heterocycles. The molecular weight excluding hydrogens is 208 g/mol. The number of hydrogen-bond acceptors (Lipinski definition) is 3. The summed E-state index contributed by atoms with van der Waals surface area (Å²) < 4.78 is 0. The minimum atomic E-state index is -0.864. The molecule has 0 radical (unpaired) electrons. The quantitative estimate of drug-likeness (QED) is 0.575. The second-order valence-corrected chi connectivity index (χ2v) is 4.37. The molecule has 3 amide bonds. The van der Waals surface area contributed by atoms with Crippen molar-refractivity contribution in [3.63, 3.8) is 0 Å². The third-order valence-electron chi connectivity index (χ3n) is 2.59. The van der Waals surface area contributed by atoms with Crippen molar-refractivity contribution >= 4 is 11.9 Å². The van der Waals surface area contributed by atoms with Gasteiger partial charge in [-0.2, -0.15) is 0 Å². The zero-order valence-corrected chi connectivity index (χ0v) is 10.1. The minimum absolute atomic E-state index is 0.0439. The molecule has 1 fully saturated rings. The molecule has 0 aromatic rings. The second-order valence-electron chi connectivity index (χ2n) is 4.37. The summed E-state index contributed by atoms with van der Waals surface area (Å²) in [6, 6.07) is -0.339. The van der Waals surface area contributed by atoms with Crippen molar-refractivity contribution in [2.45, 2.75) is 19.4 Å². The molecule has 6 nitrogen and oxygen atoms in total. The molecule has 1 aliphatic heterocycles. The average Bonchev–Trinajstić information content (AvgIpc) is 2.28. The lowest BCUT2D eigenvalue weighted by molar-refractivity contribution is -0.137. The molecule has 3 N–H and O–H groups in total. The van der Waals surface area contributed by atoms with E-state index in [9.17, 15) is 9.59 Å². The third-order valence-corrected chi connectivity index (χ3v) is 2.59. The number of nitrogens with one attached hydrogen (secondary N) is 3. The summed E-state index contributed by atoms with van der Waals surface area (Å²) in [5, 5.41) is 8.27. The van der Waals surface area contributed by atoms with Gasteiger partial charge < -0.3 is 20.9 Å². The van der Waals surface area contributed by atoms with Crippen LogP contribution in [0.1, 0.15) is 13.8 Å². The van der Waals surface area contributed by atoms with Crippen molar-refractivity contribution in [1.82, 2.24) is 20.9 Å². The summed E-state index contributed by atoms with van der Waals surface area (Å²) in [5.74, 6) is -0.0439. The Hall–Kier alpha value is -1.30. The van der Waals surface area contributed by atoms with Gasteiger partial charge in [-0.3, -0.25) is 4.79 Å². The number of carbonyl (C=O) groups is 2. The fraction of sp³-hybridized carbons (Fsp3) is 0.800. The first-order valence-corrected chi connectivity index (χ1v) is 5.47. The van der Waals surface area contributed by atoms with Gasteiger partial charge in [0.05, 0.1) is 0 Å². The van der Waals surface area contributed by atoms with E-state index in [2.05, 4.69) is 16.0 Å². The predicted octanol–water partition coefficient (Wildman–Crippen LogP) is -0.874. The van der Waals surface area contributed by atoms with Crippen LogP contribution in [0, 0.1) is 0 Å². The molecule has 0 aliphatic carbocycles. The van der Waals surface area contributed by atoms with Crippen LogP contribution in [-0.2, 0) is 4.79 Å². The van der Waals surface area contributed by atoms with Gasteiger partial charge in [0.2, 0.25) is 5.91 Å². The molecule has 0 atom stereocenters. The molecule has 0 unspecified atom stereocenters. The summed E-state index contributed by atoms with van der Waals surface area (Å²) in [4.78, 5) is 25.1. The van der Waals surface area contributed by atoms with E-state index < -0.39 is 5.54 Å². The maximum absolute atomic E-state index is 12.1. The molecule has 6 heteroatoms. The lowest BCUT2D eigenvalue weighted by Crippen LogP contribution is -2.60. The van der Waals surface area contributed by atoms with Crippen molar-refractivity contribution in [3.05, 3.63) is 0 Å². The van der Waals surface area contributed by atoms with E-state index in [0.717, 1.165) is 13.1 Å². The van der Waals surface area contributed by atoms with Gasteiger partial charge in [0, 0.05) is 33.2 Å². The van der Waals surface area contributed by atoms with Crippen molar-refractivity contribution < 1.29 is 9.59 Å². The van der Waals surface area contributed by atoms with Crippen LogP contribution in [0.2, 0.25) is 0 Å². The highest BCUT2D eigenvalue weighted by Gasteiger charge is 2.33.